The summed E-state index contributed by atoms with van der Waals surface area (Å²) >= 11 is 1.62. The van der Waals surface area contributed by atoms with Crippen LogP contribution in [-0.4, -0.2) is 29.0 Å². The fourth-order valence-corrected chi connectivity index (χ4v) is 3.97. The molecule has 0 amide bonds. The van der Waals surface area contributed by atoms with Crippen molar-refractivity contribution in [3.63, 3.8) is 0 Å². The normalized spacial score (nSPS) is 12.4. The smallest absolute Gasteiger partial charge is 0.198 e. The zero-order valence-electron chi connectivity index (χ0n) is 14.8. The van der Waals surface area contributed by atoms with Crippen LogP contribution in [0, 0.1) is 0 Å². The standard InChI is InChI=1S/C22H17NO4S/c23-20-17(27-10-11-28-13-6-2-1-3-7-13)12-16(24)18-19(20)22(26)15-9-5-4-8-14(15)21(18)25/h1-9,12,24H,10-11,23H2. The molecule has 0 saturated carbocycles. The van der Waals surface area contributed by atoms with Gasteiger partial charge < -0.3 is 15.6 Å². The van der Waals surface area contributed by atoms with E-state index in [0.717, 1.165) is 4.90 Å². The van der Waals surface area contributed by atoms with Gasteiger partial charge in [0.1, 0.15) is 11.5 Å². The number of benzene rings is 3. The van der Waals surface area contributed by atoms with Gasteiger partial charge in [0.25, 0.3) is 0 Å². The largest absolute Gasteiger partial charge is 0.507 e. The van der Waals surface area contributed by atoms with Gasteiger partial charge in [0.15, 0.2) is 11.6 Å². The molecule has 0 spiro atoms. The van der Waals surface area contributed by atoms with Crippen molar-refractivity contribution in [2.75, 3.05) is 18.1 Å². The molecule has 28 heavy (non-hydrogen) atoms. The topological polar surface area (TPSA) is 89.6 Å². The van der Waals surface area contributed by atoms with Gasteiger partial charge in [-0.3, -0.25) is 9.59 Å². The number of aromatic hydroxyl groups is 1. The second kappa shape index (κ2) is 7.40. The zero-order valence-corrected chi connectivity index (χ0v) is 15.7. The highest BCUT2D eigenvalue weighted by atomic mass is 32.2. The van der Waals surface area contributed by atoms with Crippen LogP contribution in [-0.2, 0) is 0 Å². The van der Waals surface area contributed by atoms with E-state index in [1.807, 2.05) is 30.3 Å². The first-order chi connectivity index (χ1) is 13.6. The number of anilines is 1. The molecule has 0 radical (unpaired) electrons. The van der Waals surface area contributed by atoms with E-state index < -0.39 is 5.78 Å². The van der Waals surface area contributed by atoms with Crippen LogP contribution in [0.4, 0.5) is 5.69 Å². The summed E-state index contributed by atoms with van der Waals surface area (Å²) in [6, 6.07) is 17.7. The number of fused-ring (bicyclic) bond motifs is 2. The highest BCUT2D eigenvalue weighted by Crippen LogP contribution is 2.41. The molecule has 0 aliphatic heterocycles. The van der Waals surface area contributed by atoms with Gasteiger partial charge in [-0.15, -0.1) is 11.8 Å². The van der Waals surface area contributed by atoms with Gasteiger partial charge in [-0.2, -0.15) is 0 Å². The molecule has 140 valence electrons. The fraction of sp³-hybridized carbons (Fsp3) is 0.0909. The van der Waals surface area contributed by atoms with Crippen LogP contribution in [0.15, 0.2) is 65.6 Å². The Hall–Kier alpha value is -3.25. The molecule has 4 rings (SSSR count). The van der Waals surface area contributed by atoms with Crippen molar-refractivity contribution in [2.24, 2.45) is 0 Å². The summed E-state index contributed by atoms with van der Waals surface area (Å²) in [7, 11) is 0. The molecule has 0 aromatic heterocycles. The molecule has 0 atom stereocenters. The van der Waals surface area contributed by atoms with E-state index in [1.165, 1.54) is 6.07 Å². The van der Waals surface area contributed by atoms with Crippen molar-refractivity contribution in [3.05, 3.63) is 82.9 Å². The van der Waals surface area contributed by atoms with Crippen LogP contribution in [0.25, 0.3) is 0 Å². The van der Waals surface area contributed by atoms with Crippen molar-refractivity contribution in [1.82, 2.24) is 0 Å². The van der Waals surface area contributed by atoms with E-state index in [9.17, 15) is 14.7 Å². The summed E-state index contributed by atoms with van der Waals surface area (Å²) in [6.45, 7) is 0.334. The Morgan fingerprint density at radius 3 is 2.18 bits per heavy atom. The van der Waals surface area contributed by atoms with Crippen LogP contribution < -0.4 is 10.5 Å². The molecule has 0 saturated heterocycles. The minimum atomic E-state index is -0.416. The number of phenols is 1. The van der Waals surface area contributed by atoms with E-state index in [4.69, 9.17) is 10.5 Å². The Balaban J connectivity index is 1.59. The predicted molar refractivity (Wildman–Crippen MR) is 108 cm³/mol. The number of rotatable bonds is 5. The summed E-state index contributed by atoms with van der Waals surface area (Å²) in [5.41, 5.74) is 6.73. The summed E-state index contributed by atoms with van der Waals surface area (Å²) in [6.07, 6.45) is 0. The molecular formula is C22H17NO4S. The van der Waals surface area contributed by atoms with E-state index in [1.54, 1.807) is 36.0 Å². The van der Waals surface area contributed by atoms with Crippen LogP contribution in [0.3, 0.4) is 0 Å². The van der Waals surface area contributed by atoms with Crippen LogP contribution in [0.1, 0.15) is 31.8 Å². The Bertz CT molecular complexity index is 1080. The lowest BCUT2D eigenvalue weighted by atomic mass is 9.82. The molecule has 1 aliphatic carbocycles. The first-order valence-corrected chi connectivity index (χ1v) is 9.71. The number of carbonyl (C=O) groups excluding carboxylic acids is 2. The van der Waals surface area contributed by atoms with Crippen molar-refractivity contribution in [2.45, 2.75) is 4.90 Å². The molecule has 0 unspecified atom stereocenters. The number of ketones is 2. The molecule has 3 N–H and O–H groups in total. The Morgan fingerprint density at radius 2 is 1.50 bits per heavy atom. The maximum atomic E-state index is 12.9. The number of ether oxygens (including phenoxy) is 1. The first-order valence-electron chi connectivity index (χ1n) is 8.72. The van der Waals surface area contributed by atoms with Crippen molar-refractivity contribution in [1.29, 1.82) is 0 Å². The average molecular weight is 391 g/mol. The maximum absolute atomic E-state index is 12.9. The summed E-state index contributed by atoms with van der Waals surface area (Å²) in [4.78, 5) is 26.7. The minimum absolute atomic E-state index is 0.00872. The lowest BCUT2D eigenvalue weighted by Crippen LogP contribution is -2.23. The van der Waals surface area contributed by atoms with Crippen LogP contribution in [0.5, 0.6) is 11.5 Å². The third-order valence-electron chi connectivity index (χ3n) is 4.53. The van der Waals surface area contributed by atoms with Crippen molar-refractivity contribution in [3.8, 4) is 11.5 Å². The second-order valence-electron chi connectivity index (χ2n) is 6.27. The second-order valence-corrected chi connectivity index (χ2v) is 7.44. The maximum Gasteiger partial charge on any atom is 0.198 e. The number of hydrogen-bond acceptors (Lipinski definition) is 6. The molecule has 0 bridgehead atoms. The SMILES string of the molecule is Nc1c(OCCSc2ccccc2)cc(O)c2c1C(=O)c1ccccc1C2=O. The van der Waals surface area contributed by atoms with Gasteiger partial charge in [-0.1, -0.05) is 42.5 Å². The van der Waals surface area contributed by atoms with E-state index >= 15 is 0 Å². The van der Waals surface area contributed by atoms with Gasteiger partial charge in [0.2, 0.25) is 0 Å². The van der Waals surface area contributed by atoms with Crippen molar-refractivity contribution < 1.29 is 19.4 Å². The molecule has 5 nitrogen and oxygen atoms in total. The van der Waals surface area contributed by atoms with Gasteiger partial charge in [0.05, 0.1) is 23.4 Å². The molecule has 0 fully saturated rings. The first kappa shape index (κ1) is 18.1. The summed E-state index contributed by atoms with van der Waals surface area (Å²) in [5, 5.41) is 10.4. The summed E-state index contributed by atoms with van der Waals surface area (Å²) < 4.78 is 5.71. The quantitative estimate of drug-likeness (QED) is 0.232. The van der Waals surface area contributed by atoms with E-state index in [2.05, 4.69) is 0 Å². The fourth-order valence-electron chi connectivity index (χ4n) is 3.22. The monoisotopic (exact) mass is 391 g/mol. The lowest BCUT2D eigenvalue weighted by Gasteiger charge is -2.21. The third-order valence-corrected chi connectivity index (χ3v) is 5.51. The number of phenolic OH excluding ortho intramolecular Hbond substituents is 1. The van der Waals surface area contributed by atoms with Crippen LogP contribution in [0.2, 0.25) is 0 Å². The Labute approximate surface area is 166 Å². The molecule has 6 heteroatoms. The number of nitrogen functional groups attached to an aromatic ring is 1. The highest BCUT2D eigenvalue weighted by Gasteiger charge is 2.35. The summed E-state index contributed by atoms with van der Waals surface area (Å²) in [5.74, 6) is -0.243. The number of hydrogen-bond donors (Lipinski definition) is 2. The zero-order chi connectivity index (χ0) is 19.7. The van der Waals surface area contributed by atoms with E-state index in [-0.39, 0.29) is 45.2 Å². The average Bonchev–Trinajstić information content (AvgIpc) is 2.72. The molecule has 3 aromatic rings. The molecule has 0 heterocycles. The lowest BCUT2D eigenvalue weighted by molar-refractivity contribution is 0.0977. The van der Waals surface area contributed by atoms with E-state index in [0.29, 0.717) is 12.4 Å². The highest BCUT2D eigenvalue weighted by molar-refractivity contribution is 7.99. The van der Waals surface area contributed by atoms with Gasteiger partial charge in [0, 0.05) is 27.8 Å². The molecule has 3 aromatic carbocycles. The Morgan fingerprint density at radius 1 is 0.893 bits per heavy atom. The number of nitrogens with two attached hydrogens (primary N) is 1. The van der Waals surface area contributed by atoms with Gasteiger partial charge >= 0.3 is 0 Å². The molecular weight excluding hydrogens is 374 g/mol. The predicted octanol–water partition coefficient (Wildman–Crippen LogP) is 3.92. The number of thioether (sulfide) groups is 1. The van der Waals surface area contributed by atoms with Gasteiger partial charge in [-0.05, 0) is 12.1 Å². The third kappa shape index (κ3) is 3.12. The van der Waals surface area contributed by atoms with Gasteiger partial charge in [-0.25, -0.2) is 0 Å². The van der Waals surface area contributed by atoms with Crippen molar-refractivity contribution >= 4 is 29.0 Å². The minimum Gasteiger partial charge on any atom is -0.507 e. The van der Waals surface area contributed by atoms with Crippen LogP contribution >= 0.6 is 11.8 Å². The molecule has 1 aliphatic rings. The Kier molecular flexibility index (Phi) is 4.79. The number of carbonyl (C=O) groups is 2.